The van der Waals surface area contributed by atoms with Gasteiger partial charge < -0.3 is 15.7 Å². The van der Waals surface area contributed by atoms with Gasteiger partial charge in [0.25, 0.3) is 0 Å². The van der Waals surface area contributed by atoms with Gasteiger partial charge in [-0.1, -0.05) is 0 Å². The van der Waals surface area contributed by atoms with Gasteiger partial charge in [-0.15, -0.1) is 0 Å². The molecule has 0 spiro atoms. The molecule has 0 bridgehead atoms. The third-order valence-electron chi connectivity index (χ3n) is 1.90. The smallest absolute Gasteiger partial charge is 0.168 e. The Kier molecular flexibility index (Phi) is 4.91. The summed E-state index contributed by atoms with van der Waals surface area (Å²) in [4.78, 5) is 3.78. The van der Waals surface area contributed by atoms with Gasteiger partial charge in [-0.2, -0.15) is 0 Å². The number of halogens is 2. The van der Waals surface area contributed by atoms with E-state index < -0.39 is 11.6 Å². The second-order valence-corrected chi connectivity index (χ2v) is 3.18. The predicted molar refractivity (Wildman–Crippen MR) is 58.5 cm³/mol. The average Bonchev–Trinajstić information content (AvgIpc) is 2.25. The Balaban J connectivity index is 2.78. The van der Waals surface area contributed by atoms with E-state index in [2.05, 4.69) is 15.6 Å². The van der Waals surface area contributed by atoms with Crippen molar-refractivity contribution >= 4 is 11.6 Å². The Hall–Kier alpha value is -1.43. The highest BCUT2D eigenvalue weighted by Gasteiger charge is 2.10. The van der Waals surface area contributed by atoms with Gasteiger partial charge in [-0.05, 0) is 13.3 Å². The molecule has 0 atom stereocenters. The SMILES string of the molecule is CCNc1nc(NCCCO)c(F)cc1F. The minimum atomic E-state index is -0.739. The second kappa shape index (κ2) is 6.22. The first kappa shape index (κ1) is 12.6. The van der Waals surface area contributed by atoms with Crippen molar-refractivity contribution in [1.82, 2.24) is 4.98 Å². The number of aliphatic hydroxyl groups excluding tert-OH is 1. The van der Waals surface area contributed by atoms with Gasteiger partial charge in [-0.3, -0.25) is 0 Å². The highest BCUT2D eigenvalue weighted by Crippen LogP contribution is 2.18. The van der Waals surface area contributed by atoms with Gasteiger partial charge in [-0.25, -0.2) is 13.8 Å². The zero-order valence-corrected chi connectivity index (χ0v) is 9.06. The zero-order valence-electron chi connectivity index (χ0n) is 9.06. The van der Waals surface area contributed by atoms with Crippen LogP contribution in [-0.4, -0.2) is 29.8 Å². The first-order chi connectivity index (χ1) is 7.69. The first-order valence-corrected chi connectivity index (χ1v) is 5.13. The molecule has 0 aliphatic carbocycles. The van der Waals surface area contributed by atoms with Crippen LogP contribution in [0.5, 0.6) is 0 Å². The van der Waals surface area contributed by atoms with Crippen molar-refractivity contribution in [3.05, 3.63) is 17.7 Å². The lowest BCUT2D eigenvalue weighted by Gasteiger charge is -2.09. The Labute approximate surface area is 92.7 Å². The van der Waals surface area contributed by atoms with Crippen molar-refractivity contribution in [3.8, 4) is 0 Å². The number of nitrogens with one attached hydrogen (secondary N) is 2. The molecule has 6 heteroatoms. The van der Waals surface area contributed by atoms with E-state index in [1.54, 1.807) is 6.92 Å². The van der Waals surface area contributed by atoms with Crippen LogP contribution in [0, 0.1) is 11.6 Å². The number of aliphatic hydroxyl groups is 1. The molecule has 1 aromatic heterocycles. The van der Waals surface area contributed by atoms with Crippen LogP contribution in [0.3, 0.4) is 0 Å². The van der Waals surface area contributed by atoms with Crippen molar-refractivity contribution < 1.29 is 13.9 Å². The molecular formula is C10H15F2N3O. The molecule has 1 aromatic rings. The number of anilines is 2. The normalized spacial score (nSPS) is 10.2. The number of rotatable bonds is 6. The average molecular weight is 231 g/mol. The number of aromatic nitrogens is 1. The largest absolute Gasteiger partial charge is 0.396 e. The van der Waals surface area contributed by atoms with Crippen molar-refractivity contribution in [2.24, 2.45) is 0 Å². The van der Waals surface area contributed by atoms with Crippen LogP contribution >= 0.6 is 0 Å². The molecular weight excluding hydrogens is 216 g/mol. The highest BCUT2D eigenvalue weighted by molar-refractivity contribution is 5.47. The number of pyridine rings is 1. The van der Waals surface area contributed by atoms with E-state index in [4.69, 9.17) is 5.11 Å². The van der Waals surface area contributed by atoms with Gasteiger partial charge >= 0.3 is 0 Å². The predicted octanol–water partition coefficient (Wildman–Crippen LogP) is 1.59. The van der Waals surface area contributed by atoms with Crippen LogP contribution in [0.1, 0.15) is 13.3 Å². The lowest BCUT2D eigenvalue weighted by Crippen LogP contribution is -2.10. The Bertz CT molecular complexity index is 347. The number of hydrogen-bond donors (Lipinski definition) is 3. The molecule has 0 unspecified atom stereocenters. The fourth-order valence-corrected chi connectivity index (χ4v) is 1.17. The van der Waals surface area contributed by atoms with Crippen LogP contribution in [0.2, 0.25) is 0 Å². The topological polar surface area (TPSA) is 57.2 Å². The molecule has 90 valence electrons. The van der Waals surface area contributed by atoms with E-state index in [1.807, 2.05) is 0 Å². The van der Waals surface area contributed by atoms with Gasteiger partial charge in [0.2, 0.25) is 0 Å². The minimum absolute atomic E-state index is 0.00852. The monoisotopic (exact) mass is 231 g/mol. The van der Waals surface area contributed by atoms with Crippen LogP contribution in [0.15, 0.2) is 6.07 Å². The van der Waals surface area contributed by atoms with E-state index in [0.717, 1.165) is 6.07 Å². The van der Waals surface area contributed by atoms with Crippen molar-refractivity contribution in [1.29, 1.82) is 0 Å². The lowest BCUT2D eigenvalue weighted by atomic mass is 10.3. The molecule has 0 saturated heterocycles. The van der Waals surface area contributed by atoms with Gasteiger partial charge in [0, 0.05) is 25.8 Å². The second-order valence-electron chi connectivity index (χ2n) is 3.18. The van der Waals surface area contributed by atoms with Crippen molar-refractivity contribution in [2.75, 3.05) is 30.3 Å². The Morgan fingerprint density at radius 1 is 1.25 bits per heavy atom. The molecule has 16 heavy (non-hydrogen) atoms. The summed E-state index contributed by atoms with van der Waals surface area (Å²) in [6.07, 6.45) is 0.481. The summed E-state index contributed by atoms with van der Waals surface area (Å²) in [6, 6.07) is 0.784. The molecule has 0 fully saturated rings. The number of hydrogen-bond acceptors (Lipinski definition) is 4. The summed E-state index contributed by atoms with van der Waals surface area (Å²) in [6.45, 7) is 2.70. The third kappa shape index (κ3) is 3.30. The van der Waals surface area contributed by atoms with Crippen LogP contribution in [0.4, 0.5) is 20.4 Å². The van der Waals surface area contributed by atoms with E-state index in [0.29, 0.717) is 19.5 Å². The zero-order chi connectivity index (χ0) is 12.0. The van der Waals surface area contributed by atoms with Gasteiger partial charge in [0.15, 0.2) is 23.3 Å². The summed E-state index contributed by atoms with van der Waals surface area (Å²) in [5, 5.41) is 13.9. The quantitative estimate of drug-likeness (QED) is 0.651. The summed E-state index contributed by atoms with van der Waals surface area (Å²) in [7, 11) is 0. The molecule has 1 rings (SSSR count). The molecule has 0 aliphatic heterocycles. The summed E-state index contributed by atoms with van der Waals surface area (Å²) >= 11 is 0. The summed E-state index contributed by atoms with van der Waals surface area (Å²) < 4.78 is 26.4. The van der Waals surface area contributed by atoms with Crippen molar-refractivity contribution in [2.45, 2.75) is 13.3 Å². The van der Waals surface area contributed by atoms with Crippen LogP contribution < -0.4 is 10.6 Å². The molecule has 0 radical (unpaired) electrons. The van der Waals surface area contributed by atoms with Crippen LogP contribution in [-0.2, 0) is 0 Å². The molecule has 4 nitrogen and oxygen atoms in total. The van der Waals surface area contributed by atoms with E-state index >= 15 is 0 Å². The minimum Gasteiger partial charge on any atom is -0.396 e. The maximum absolute atomic E-state index is 13.2. The van der Waals surface area contributed by atoms with E-state index in [-0.39, 0.29) is 18.2 Å². The standard InChI is InChI=1S/C10H15F2N3O/c1-2-13-9-7(11)6-8(12)10(15-9)14-4-3-5-16/h6,16H,2-5H2,1H3,(H2,13,14,15). The first-order valence-electron chi connectivity index (χ1n) is 5.13. The van der Waals surface area contributed by atoms with Gasteiger partial charge in [0.1, 0.15) is 0 Å². The van der Waals surface area contributed by atoms with Crippen molar-refractivity contribution in [3.63, 3.8) is 0 Å². The Morgan fingerprint density at radius 3 is 2.44 bits per heavy atom. The molecule has 0 aromatic carbocycles. The summed E-state index contributed by atoms with van der Waals surface area (Å²) in [5.74, 6) is -1.44. The highest BCUT2D eigenvalue weighted by atomic mass is 19.1. The van der Waals surface area contributed by atoms with Crippen LogP contribution in [0.25, 0.3) is 0 Å². The summed E-state index contributed by atoms with van der Waals surface area (Å²) in [5.41, 5.74) is 0. The molecule has 1 heterocycles. The lowest BCUT2D eigenvalue weighted by molar-refractivity contribution is 0.292. The fraction of sp³-hybridized carbons (Fsp3) is 0.500. The van der Waals surface area contributed by atoms with Gasteiger partial charge in [0.05, 0.1) is 0 Å². The fourth-order valence-electron chi connectivity index (χ4n) is 1.17. The molecule has 0 amide bonds. The maximum atomic E-state index is 13.2. The van der Waals surface area contributed by atoms with E-state index in [9.17, 15) is 8.78 Å². The molecule has 3 N–H and O–H groups in total. The molecule has 0 saturated carbocycles. The molecule has 0 aliphatic rings. The number of nitrogens with zero attached hydrogens (tertiary/aromatic N) is 1. The Morgan fingerprint density at radius 2 is 1.88 bits per heavy atom. The maximum Gasteiger partial charge on any atom is 0.168 e. The van der Waals surface area contributed by atoms with E-state index in [1.165, 1.54) is 0 Å². The third-order valence-corrected chi connectivity index (χ3v) is 1.90.